The molecule has 1 rings (SSSR count). The molecule has 0 aliphatic carbocycles. The summed E-state index contributed by atoms with van der Waals surface area (Å²) in [5.41, 5.74) is 0. The Labute approximate surface area is 75.5 Å². The summed E-state index contributed by atoms with van der Waals surface area (Å²) in [5, 5.41) is 0. The number of hydrogen-bond donors (Lipinski definition) is 0. The van der Waals surface area contributed by atoms with Crippen molar-refractivity contribution in [1.29, 1.82) is 0 Å². The van der Waals surface area contributed by atoms with Crippen LogP contribution in [-0.4, -0.2) is 12.7 Å². The molecule has 0 aromatic rings. The Morgan fingerprint density at radius 3 is 2.50 bits per heavy atom. The number of hydrogen-bond acceptors (Lipinski definition) is 1. The number of epoxide rings is 1. The molecule has 0 bridgehead atoms. The summed E-state index contributed by atoms with van der Waals surface area (Å²) >= 11 is 0. The van der Waals surface area contributed by atoms with Crippen LogP contribution in [0.4, 0.5) is 0 Å². The van der Waals surface area contributed by atoms with Gasteiger partial charge in [-0.1, -0.05) is 13.3 Å². The van der Waals surface area contributed by atoms with Gasteiger partial charge < -0.3 is 4.74 Å². The normalized spacial score (nSPS) is 19.9. The minimum atomic E-state index is 0.586. The Balaban J connectivity index is 1.81. The van der Waals surface area contributed by atoms with Crippen molar-refractivity contribution >= 4 is 0 Å². The summed E-state index contributed by atoms with van der Waals surface area (Å²) in [6, 6.07) is 0. The molecule has 0 aromatic heterocycles. The largest absolute Gasteiger partial charge is 0.373 e. The Kier molecular flexibility index (Phi) is 4.87. The molecule has 68 valence electrons. The van der Waals surface area contributed by atoms with E-state index in [9.17, 15) is 0 Å². The summed E-state index contributed by atoms with van der Waals surface area (Å²) in [5.74, 6) is 6.39. The van der Waals surface area contributed by atoms with Crippen LogP contribution in [0.15, 0.2) is 0 Å². The second-order valence-corrected chi connectivity index (χ2v) is 3.30. The molecule has 12 heavy (non-hydrogen) atoms. The SMILES string of the molecule is CCCCC#CCCCC1CO1. The van der Waals surface area contributed by atoms with E-state index in [0.717, 1.165) is 19.4 Å². The molecular weight excluding hydrogens is 148 g/mol. The fourth-order valence-electron chi connectivity index (χ4n) is 1.09. The molecule has 1 aliphatic heterocycles. The van der Waals surface area contributed by atoms with Crippen molar-refractivity contribution in [3.63, 3.8) is 0 Å². The average Bonchev–Trinajstić information content (AvgIpc) is 2.87. The third-order valence-electron chi connectivity index (χ3n) is 2.01. The maximum absolute atomic E-state index is 5.11. The first-order chi connectivity index (χ1) is 5.93. The third kappa shape index (κ3) is 5.21. The summed E-state index contributed by atoms with van der Waals surface area (Å²) in [4.78, 5) is 0. The zero-order valence-electron chi connectivity index (χ0n) is 7.94. The molecule has 1 unspecified atom stereocenters. The van der Waals surface area contributed by atoms with Gasteiger partial charge in [-0.3, -0.25) is 0 Å². The highest BCUT2D eigenvalue weighted by Crippen LogP contribution is 2.15. The molecule has 1 fully saturated rings. The number of unbranched alkanes of at least 4 members (excludes halogenated alkanes) is 3. The Hall–Kier alpha value is -0.480. The predicted octanol–water partition coefficient (Wildman–Crippen LogP) is 2.75. The van der Waals surface area contributed by atoms with Crippen LogP contribution in [0.5, 0.6) is 0 Å². The lowest BCUT2D eigenvalue weighted by molar-refractivity contribution is 0.393. The lowest BCUT2D eigenvalue weighted by Crippen LogP contribution is -1.83. The van der Waals surface area contributed by atoms with Crippen LogP contribution in [-0.2, 0) is 4.74 Å². The van der Waals surface area contributed by atoms with Crippen molar-refractivity contribution in [2.24, 2.45) is 0 Å². The second kappa shape index (κ2) is 6.08. The van der Waals surface area contributed by atoms with Gasteiger partial charge >= 0.3 is 0 Å². The van der Waals surface area contributed by atoms with Crippen LogP contribution < -0.4 is 0 Å². The van der Waals surface area contributed by atoms with Crippen LogP contribution in [0, 0.1) is 11.8 Å². The summed E-state index contributed by atoms with van der Waals surface area (Å²) in [7, 11) is 0. The molecule has 1 aliphatic rings. The highest BCUT2D eigenvalue weighted by Gasteiger charge is 2.20. The molecule has 0 N–H and O–H groups in total. The minimum Gasteiger partial charge on any atom is -0.373 e. The fourth-order valence-corrected chi connectivity index (χ4v) is 1.09. The molecule has 1 saturated heterocycles. The monoisotopic (exact) mass is 166 g/mol. The quantitative estimate of drug-likeness (QED) is 0.347. The maximum Gasteiger partial charge on any atom is 0.0810 e. The van der Waals surface area contributed by atoms with E-state index in [4.69, 9.17) is 4.74 Å². The van der Waals surface area contributed by atoms with Gasteiger partial charge in [-0.15, -0.1) is 11.8 Å². The van der Waals surface area contributed by atoms with Gasteiger partial charge in [0.05, 0.1) is 12.7 Å². The first-order valence-electron chi connectivity index (χ1n) is 5.01. The van der Waals surface area contributed by atoms with Crippen molar-refractivity contribution in [2.45, 2.75) is 51.6 Å². The summed E-state index contributed by atoms with van der Waals surface area (Å²) < 4.78 is 5.11. The first-order valence-corrected chi connectivity index (χ1v) is 5.01. The van der Waals surface area contributed by atoms with Gasteiger partial charge in [-0.25, -0.2) is 0 Å². The molecule has 1 heteroatoms. The van der Waals surface area contributed by atoms with E-state index in [0.29, 0.717) is 6.10 Å². The van der Waals surface area contributed by atoms with Gasteiger partial charge in [-0.2, -0.15) is 0 Å². The van der Waals surface area contributed by atoms with Crippen molar-refractivity contribution in [3.05, 3.63) is 0 Å². The van der Waals surface area contributed by atoms with Crippen molar-refractivity contribution in [3.8, 4) is 11.8 Å². The molecular formula is C11H18O. The van der Waals surface area contributed by atoms with Gasteiger partial charge in [-0.05, 0) is 19.3 Å². The van der Waals surface area contributed by atoms with E-state index < -0.39 is 0 Å². The molecule has 0 aromatic carbocycles. The summed E-state index contributed by atoms with van der Waals surface area (Å²) in [6.45, 7) is 3.19. The van der Waals surface area contributed by atoms with E-state index in [1.165, 1.54) is 25.7 Å². The van der Waals surface area contributed by atoms with Crippen molar-refractivity contribution < 1.29 is 4.74 Å². The first kappa shape index (κ1) is 9.61. The van der Waals surface area contributed by atoms with Crippen LogP contribution in [0.1, 0.15) is 45.4 Å². The Bertz CT molecular complexity index is 160. The van der Waals surface area contributed by atoms with Gasteiger partial charge in [0.2, 0.25) is 0 Å². The second-order valence-electron chi connectivity index (χ2n) is 3.30. The van der Waals surface area contributed by atoms with Gasteiger partial charge in [0.25, 0.3) is 0 Å². The van der Waals surface area contributed by atoms with Crippen LogP contribution in [0.2, 0.25) is 0 Å². The smallest absolute Gasteiger partial charge is 0.0810 e. The van der Waals surface area contributed by atoms with Crippen molar-refractivity contribution in [2.75, 3.05) is 6.61 Å². The van der Waals surface area contributed by atoms with E-state index in [-0.39, 0.29) is 0 Å². The van der Waals surface area contributed by atoms with E-state index in [1.54, 1.807) is 0 Å². The van der Waals surface area contributed by atoms with E-state index in [1.807, 2.05) is 0 Å². The average molecular weight is 166 g/mol. The predicted molar refractivity (Wildman–Crippen MR) is 50.9 cm³/mol. The summed E-state index contributed by atoms with van der Waals surface area (Å²) in [6.07, 6.45) is 7.65. The number of rotatable bonds is 5. The van der Waals surface area contributed by atoms with Crippen LogP contribution in [0.25, 0.3) is 0 Å². The lowest BCUT2D eigenvalue weighted by Gasteiger charge is -1.88. The van der Waals surface area contributed by atoms with Crippen LogP contribution >= 0.6 is 0 Å². The maximum atomic E-state index is 5.11. The zero-order valence-corrected chi connectivity index (χ0v) is 7.94. The fraction of sp³-hybridized carbons (Fsp3) is 0.818. The van der Waals surface area contributed by atoms with Crippen LogP contribution in [0.3, 0.4) is 0 Å². The highest BCUT2D eigenvalue weighted by atomic mass is 16.6. The third-order valence-corrected chi connectivity index (χ3v) is 2.01. The molecule has 0 radical (unpaired) electrons. The molecule has 1 nitrogen and oxygen atoms in total. The zero-order chi connectivity index (χ0) is 8.65. The molecule has 0 amide bonds. The highest BCUT2D eigenvalue weighted by molar-refractivity contribution is 4.98. The lowest BCUT2D eigenvalue weighted by atomic mass is 10.2. The standard InChI is InChI=1S/C11H18O/c1-2-3-4-5-6-7-8-9-11-10-12-11/h11H,2-4,7-10H2,1H3. The Morgan fingerprint density at radius 1 is 1.25 bits per heavy atom. The van der Waals surface area contributed by atoms with E-state index in [2.05, 4.69) is 18.8 Å². The Morgan fingerprint density at radius 2 is 1.92 bits per heavy atom. The minimum absolute atomic E-state index is 0.586. The van der Waals surface area contributed by atoms with Gasteiger partial charge in [0.1, 0.15) is 0 Å². The molecule has 0 saturated carbocycles. The molecule has 1 atom stereocenters. The molecule has 1 heterocycles. The van der Waals surface area contributed by atoms with Gasteiger partial charge in [0.15, 0.2) is 0 Å². The van der Waals surface area contributed by atoms with Gasteiger partial charge in [0, 0.05) is 12.8 Å². The topological polar surface area (TPSA) is 12.5 Å². The number of ether oxygens (including phenoxy) is 1. The van der Waals surface area contributed by atoms with E-state index >= 15 is 0 Å². The molecule has 0 spiro atoms. The van der Waals surface area contributed by atoms with Crippen molar-refractivity contribution in [1.82, 2.24) is 0 Å².